The van der Waals surface area contributed by atoms with Gasteiger partial charge in [-0.05, 0) is 12.8 Å². The fraction of sp³-hybridized carbons (Fsp3) is 0.625. The van der Waals surface area contributed by atoms with Gasteiger partial charge < -0.3 is 14.9 Å². The van der Waals surface area contributed by atoms with Gasteiger partial charge in [0.1, 0.15) is 11.9 Å². The number of hydrogen-bond donors (Lipinski definition) is 1. The standard InChI is InChI=1S/C16H22N6O2/c23-15(16(24)4-2-1-3-5-16)21-8-6-20(7-9-21)14-11-17-10-13-18-12-19-22(13)14/h10-12,24H,1-9H2. The molecule has 8 heteroatoms. The van der Waals surface area contributed by atoms with Crippen molar-refractivity contribution in [3.05, 3.63) is 18.7 Å². The average Bonchev–Trinajstić information content (AvgIpc) is 3.11. The lowest BCUT2D eigenvalue weighted by molar-refractivity contribution is -0.155. The van der Waals surface area contributed by atoms with Crippen molar-refractivity contribution in [2.45, 2.75) is 37.7 Å². The highest BCUT2D eigenvalue weighted by molar-refractivity contribution is 5.85. The van der Waals surface area contributed by atoms with Gasteiger partial charge in [-0.15, -0.1) is 0 Å². The van der Waals surface area contributed by atoms with Crippen LogP contribution in [0.5, 0.6) is 0 Å². The number of rotatable bonds is 2. The second-order valence-corrected chi connectivity index (χ2v) is 6.67. The Labute approximate surface area is 140 Å². The molecule has 2 aromatic rings. The first-order valence-corrected chi connectivity index (χ1v) is 8.58. The van der Waals surface area contributed by atoms with Gasteiger partial charge in [0.2, 0.25) is 0 Å². The quantitative estimate of drug-likeness (QED) is 0.861. The van der Waals surface area contributed by atoms with Crippen molar-refractivity contribution in [2.24, 2.45) is 0 Å². The summed E-state index contributed by atoms with van der Waals surface area (Å²) in [6, 6.07) is 0. The van der Waals surface area contributed by atoms with Gasteiger partial charge in [0.05, 0.1) is 12.4 Å². The van der Waals surface area contributed by atoms with Crippen molar-refractivity contribution in [3.63, 3.8) is 0 Å². The summed E-state index contributed by atoms with van der Waals surface area (Å²) in [6.07, 6.45) is 9.12. The number of hydrogen-bond acceptors (Lipinski definition) is 6. The van der Waals surface area contributed by atoms with E-state index in [0.29, 0.717) is 44.7 Å². The van der Waals surface area contributed by atoms with E-state index < -0.39 is 5.60 Å². The molecule has 0 radical (unpaired) electrons. The molecule has 2 fully saturated rings. The predicted molar refractivity (Wildman–Crippen MR) is 87.6 cm³/mol. The van der Waals surface area contributed by atoms with E-state index >= 15 is 0 Å². The lowest BCUT2D eigenvalue weighted by atomic mass is 9.83. The molecule has 0 bridgehead atoms. The minimum absolute atomic E-state index is 0.0982. The molecule has 8 nitrogen and oxygen atoms in total. The van der Waals surface area contributed by atoms with Crippen molar-refractivity contribution >= 4 is 17.4 Å². The Morgan fingerprint density at radius 3 is 2.58 bits per heavy atom. The number of carbonyl (C=O) groups is 1. The number of fused-ring (bicyclic) bond motifs is 1. The third-order valence-corrected chi connectivity index (χ3v) is 5.14. The van der Waals surface area contributed by atoms with E-state index in [9.17, 15) is 9.90 Å². The van der Waals surface area contributed by atoms with Crippen molar-refractivity contribution in [1.29, 1.82) is 0 Å². The van der Waals surface area contributed by atoms with Crippen LogP contribution in [0.1, 0.15) is 32.1 Å². The Morgan fingerprint density at radius 1 is 1.08 bits per heavy atom. The highest BCUT2D eigenvalue weighted by atomic mass is 16.3. The summed E-state index contributed by atoms with van der Waals surface area (Å²) < 4.78 is 1.76. The van der Waals surface area contributed by atoms with Crippen LogP contribution in [0.2, 0.25) is 0 Å². The second-order valence-electron chi connectivity index (χ2n) is 6.67. The van der Waals surface area contributed by atoms with Gasteiger partial charge in [-0.2, -0.15) is 9.61 Å². The average molecular weight is 330 g/mol. The Morgan fingerprint density at radius 2 is 1.83 bits per heavy atom. The molecule has 2 aromatic heterocycles. The van der Waals surface area contributed by atoms with Gasteiger partial charge in [-0.25, -0.2) is 4.98 Å². The van der Waals surface area contributed by atoms with Crippen LogP contribution in [0.15, 0.2) is 18.7 Å². The van der Waals surface area contributed by atoms with Crippen molar-refractivity contribution in [2.75, 3.05) is 31.1 Å². The first kappa shape index (κ1) is 15.3. The molecule has 0 spiro atoms. The molecule has 1 N–H and O–H groups in total. The van der Waals surface area contributed by atoms with Crippen LogP contribution < -0.4 is 4.90 Å². The predicted octanol–water partition coefficient (Wildman–Crippen LogP) is 0.468. The summed E-state index contributed by atoms with van der Waals surface area (Å²) in [7, 11) is 0. The minimum Gasteiger partial charge on any atom is -0.380 e. The molecule has 128 valence electrons. The molecule has 4 rings (SSSR count). The molecule has 3 heterocycles. The number of nitrogens with zero attached hydrogens (tertiary/aromatic N) is 6. The molecular formula is C16H22N6O2. The van der Waals surface area contributed by atoms with Crippen LogP contribution in [-0.2, 0) is 4.79 Å². The zero-order valence-electron chi connectivity index (χ0n) is 13.6. The molecule has 0 unspecified atom stereocenters. The van der Waals surface area contributed by atoms with Gasteiger partial charge >= 0.3 is 0 Å². The smallest absolute Gasteiger partial charge is 0.254 e. The number of aliphatic hydroxyl groups is 1. The van der Waals surface area contributed by atoms with E-state index in [0.717, 1.165) is 25.1 Å². The zero-order chi connectivity index (χ0) is 16.6. The molecule has 0 aromatic carbocycles. The van der Waals surface area contributed by atoms with Crippen LogP contribution >= 0.6 is 0 Å². The Bertz CT molecular complexity index is 731. The van der Waals surface area contributed by atoms with Crippen LogP contribution in [0.3, 0.4) is 0 Å². The van der Waals surface area contributed by atoms with Gasteiger partial charge in [0, 0.05) is 26.2 Å². The molecule has 1 saturated carbocycles. The fourth-order valence-corrected chi connectivity index (χ4v) is 3.74. The van der Waals surface area contributed by atoms with Crippen molar-refractivity contribution in [1.82, 2.24) is 24.5 Å². The maximum atomic E-state index is 12.7. The Kier molecular flexibility index (Phi) is 3.84. The maximum absolute atomic E-state index is 12.7. The maximum Gasteiger partial charge on any atom is 0.254 e. The summed E-state index contributed by atoms with van der Waals surface area (Å²) in [6.45, 7) is 2.60. The first-order chi connectivity index (χ1) is 11.7. The summed E-state index contributed by atoms with van der Waals surface area (Å²) in [4.78, 5) is 25.0. The van der Waals surface area contributed by atoms with Crippen molar-refractivity contribution < 1.29 is 9.90 Å². The fourth-order valence-electron chi connectivity index (χ4n) is 3.74. The molecule has 1 aliphatic heterocycles. The van der Waals surface area contributed by atoms with Gasteiger partial charge in [0.15, 0.2) is 11.5 Å². The third kappa shape index (κ3) is 2.60. The third-order valence-electron chi connectivity index (χ3n) is 5.14. The highest BCUT2D eigenvalue weighted by Crippen LogP contribution is 2.30. The van der Waals surface area contributed by atoms with E-state index in [2.05, 4.69) is 20.0 Å². The number of piperazine rings is 1. The summed E-state index contributed by atoms with van der Waals surface area (Å²) in [5.41, 5.74) is -0.434. The Balaban J connectivity index is 1.45. The normalized spacial score (nSPS) is 21.2. The molecule has 0 atom stereocenters. The number of amides is 1. The first-order valence-electron chi connectivity index (χ1n) is 8.58. The number of anilines is 1. The van der Waals surface area contributed by atoms with Gasteiger partial charge in [0.25, 0.3) is 5.91 Å². The van der Waals surface area contributed by atoms with E-state index in [1.807, 2.05) is 0 Å². The summed E-state index contributed by atoms with van der Waals surface area (Å²) in [5.74, 6) is 0.785. The van der Waals surface area contributed by atoms with Crippen LogP contribution in [0.25, 0.3) is 5.65 Å². The SMILES string of the molecule is O=C(N1CCN(c2cncc3ncnn23)CC1)C1(O)CCCCC1. The second kappa shape index (κ2) is 6.01. The molecular weight excluding hydrogens is 308 g/mol. The number of aromatic nitrogens is 4. The largest absolute Gasteiger partial charge is 0.380 e. The topological polar surface area (TPSA) is 86.9 Å². The van der Waals surface area contributed by atoms with Crippen molar-refractivity contribution in [3.8, 4) is 0 Å². The highest BCUT2D eigenvalue weighted by Gasteiger charge is 2.40. The summed E-state index contributed by atoms with van der Waals surface area (Å²) >= 11 is 0. The van der Waals surface area contributed by atoms with E-state index in [-0.39, 0.29) is 5.91 Å². The molecule has 1 aliphatic carbocycles. The van der Waals surface area contributed by atoms with Gasteiger partial charge in [-0.1, -0.05) is 19.3 Å². The monoisotopic (exact) mass is 330 g/mol. The molecule has 2 aliphatic rings. The molecule has 1 amide bonds. The van der Waals surface area contributed by atoms with E-state index in [4.69, 9.17) is 0 Å². The molecule has 1 saturated heterocycles. The Hall–Kier alpha value is -2.22. The summed E-state index contributed by atoms with van der Waals surface area (Å²) in [5, 5.41) is 14.9. The van der Waals surface area contributed by atoms with Crippen LogP contribution in [-0.4, -0.2) is 67.3 Å². The van der Waals surface area contributed by atoms with E-state index in [1.165, 1.54) is 6.33 Å². The van der Waals surface area contributed by atoms with Crippen LogP contribution in [0, 0.1) is 0 Å². The lowest BCUT2D eigenvalue weighted by Gasteiger charge is -2.40. The molecule has 24 heavy (non-hydrogen) atoms. The lowest BCUT2D eigenvalue weighted by Crippen LogP contribution is -2.56. The number of carbonyl (C=O) groups excluding carboxylic acids is 1. The minimum atomic E-state index is -1.14. The van der Waals surface area contributed by atoms with Crippen LogP contribution in [0.4, 0.5) is 5.82 Å². The van der Waals surface area contributed by atoms with Gasteiger partial charge in [-0.3, -0.25) is 9.78 Å². The van der Waals surface area contributed by atoms with E-state index in [1.54, 1.807) is 21.8 Å². The zero-order valence-corrected chi connectivity index (χ0v) is 13.6.